The fourth-order valence-corrected chi connectivity index (χ4v) is 3.82. The summed E-state index contributed by atoms with van der Waals surface area (Å²) in [7, 11) is -3.84. The molecule has 0 aliphatic carbocycles. The number of halogens is 3. The van der Waals surface area contributed by atoms with Crippen LogP contribution in [-0.2, 0) is 29.3 Å². The zero-order valence-electron chi connectivity index (χ0n) is 16.2. The molecule has 5 nitrogen and oxygen atoms in total. The number of carbonyl (C=O) groups is 1. The predicted molar refractivity (Wildman–Crippen MR) is 110 cm³/mol. The van der Waals surface area contributed by atoms with E-state index in [1.165, 1.54) is 36.4 Å². The molecule has 0 aliphatic rings. The average Bonchev–Trinajstić information content (AvgIpc) is 2.76. The molecule has 0 aliphatic heterocycles. The second-order valence-corrected chi connectivity index (χ2v) is 8.48. The predicted octanol–water partition coefficient (Wildman–Crippen LogP) is 4.11. The maximum absolute atomic E-state index is 12.6. The zero-order valence-corrected chi connectivity index (χ0v) is 17.0. The number of benzene rings is 3. The number of alkyl halides is 3. The summed E-state index contributed by atoms with van der Waals surface area (Å²) in [6, 6.07) is 18.9. The van der Waals surface area contributed by atoms with Gasteiger partial charge in [0.1, 0.15) is 0 Å². The van der Waals surface area contributed by atoms with Gasteiger partial charge >= 0.3 is 6.18 Å². The van der Waals surface area contributed by atoms with Crippen LogP contribution in [0.15, 0.2) is 83.8 Å². The highest BCUT2D eigenvalue weighted by atomic mass is 32.2. The van der Waals surface area contributed by atoms with Gasteiger partial charge in [-0.15, -0.1) is 0 Å². The summed E-state index contributed by atoms with van der Waals surface area (Å²) >= 11 is 0. The van der Waals surface area contributed by atoms with Gasteiger partial charge in [0.2, 0.25) is 10.0 Å². The topological polar surface area (TPSA) is 75.3 Å². The van der Waals surface area contributed by atoms with E-state index in [0.29, 0.717) is 5.56 Å². The van der Waals surface area contributed by atoms with E-state index in [2.05, 4.69) is 10.0 Å². The quantitative estimate of drug-likeness (QED) is 0.571. The molecular formula is C22H19F3N2O3S. The van der Waals surface area contributed by atoms with Crippen molar-refractivity contribution in [2.75, 3.05) is 0 Å². The normalized spacial score (nSPS) is 11.8. The van der Waals surface area contributed by atoms with Gasteiger partial charge in [-0.2, -0.15) is 13.2 Å². The van der Waals surface area contributed by atoms with Crippen LogP contribution in [0.2, 0.25) is 0 Å². The lowest BCUT2D eigenvalue weighted by molar-refractivity contribution is -0.137. The Kier molecular flexibility index (Phi) is 6.77. The molecule has 3 aromatic carbocycles. The van der Waals surface area contributed by atoms with Crippen LogP contribution in [0.1, 0.15) is 27.0 Å². The summed E-state index contributed by atoms with van der Waals surface area (Å²) in [5.41, 5.74) is 0.615. The monoisotopic (exact) mass is 448 g/mol. The summed E-state index contributed by atoms with van der Waals surface area (Å²) in [5, 5.41) is 2.57. The van der Waals surface area contributed by atoms with Crippen LogP contribution in [0.4, 0.5) is 13.2 Å². The lowest BCUT2D eigenvalue weighted by Gasteiger charge is -2.10. The van der Waals surface area contributed by atoms with Gasteiger partial charge in [0.25, 0.3) is 5.91 Å². The van der Waals surface area contributed by atoms with Gasteiger partial charge in [-0.25, -0.2) is 13.1 Å². The molecule has 0 aromatic heterocycles. The van der Waals surface area contributed by atoms with E-state index in [9.17, 15) is 26.4 Å². The third-order valence-electron chi connectivity index (χ3n) is 4.45. The molecule has 1 amide bonds. The Bertz CT molecular complexity index is 1150. The molecule has 2 N–H and O–H groups in total. The molecule has 0 saturated heterocycles. The molecule has 0 bridgehead atoms. The van der Waals surface area contributed by atoms with E-state index in [1.807, 2.05) is 6.07 Å². The largest absolute Gasteiger partial charge is 0.416 e. The Morgan fingerprint density at radius 3 is 2.10 bits per heavy atom. The zero-order chi connectivity index (χ0) is 22.5. The van der Waals surface area contributed by atoms with Crippen molar-refractivity contribution in [3.63, 3.8) is 0 Å². The lowest BCUT2D eigenvalue weighted by Crippen LogP contribution is -2.25. The van der Waals surface area contributed by atoms with Crippen LogP contribution in [0.3, 0.4) is 0 Å². The number of carbonyl (C=O) groups excluding carboxylic acids is 1. The molecule has 0 fully saturated rings. The van der Waals surface area contributed by atoms with Crippen molar-refractivity contribution in [3.8, 4) is 0 Å². The fourth-order valence-electron chi connectivity index (χ4n) is 2.76. The van der Waals surface area contributed by atoms with Gasteiger partial charge in [-0.3, -0.25) is 4.79 Å². The van der Waals surface area contributed by atoms with Gasteiger partial charge in [0, 0.05) is 18.7 Å². The maximum atomic E-state index is 12.6. The second-order valence-electron chi connectivity index (χ2n) is 6.72. The minimum Gasteiger partial charge on any atom is -0.348 e. The first-order valence-electron chi connectivity index (χ1n) is 9.23. The van der Waals surface area contributed by atoms with Gasteiger partial charge in [0.05, 0.1) is 10.5 Å². The Balaban J connectivity index is 1.64. The molecule has 31 heavy (non-hydrogen) atoms. The second kappa shape index (κ2) is 9.32. The Labute approximate surface area is 178 Å². The first-order chi connectivity index (χ1) is 14.6. The number of sulfonamides is 1. The molecule has 3 rings (SSSR count). The van der Waals surface area contributed by atoms with E-state index in [1.54, 1.807) is 24.3 Å². The van der Waals surface area contributed by atoms with Crippen LogP contribution in [-0.4, -0.2) is 14.3 Å². The summed E-state index contributed by atoms with van der Waals surface area (Å²) < 4.78 is 65.4. The summed E-state index contributed by atoms with van der Waals surface area (Å²) in [6.45, 7) is 0.105. The van der Waals surface area contributed by atoms with Crippen LogP contribution in [0, 0.1) is 0 Å². The van der Waals surface area contributed by atoms with Crippen molar-refractivity contribution in [1.82, 2.24) is 10.0 Å². The highest BCUT2D eigenvalue weighted by molar-refractivity contribution is 7.89. The van der Waals surface area contributed by atoms with Crippen LogP contribution < -0.4 is 10.0 Å². The molecule has 9 heteroatoms. The molecule has 0 spiro atoms. The number of rotatable bonds is 7. The number of amides is 1. The van der Waals surface area contributed by atoms with Crippen molar-refractivity contribution in [3.05, 3.63) is 101 Å². The van der Waals surface area contributed by atoms with E-state index < -0.39 is 27.7 Å². The molecule has 0 unspecified atom stereocenters. The van der Waals surface area contributed by atoms with E-state index in [-0.39, 0.29) is 23.5 Å². The Morgan fingerprint density at radius 1 is 0.806 bits per heavy atom. The van der Waals surface area contributed by atoms with Crippen molar-refractivity contribution in [2.24, 2.45) is 0 Å². The van der Waals surface area contributed by atoms with Crippen molar-refractivity contribution in [2.45, 2.75) is 24.2 Å². The van der Waals surface area contributed by atoms with Crippen molar-refractivity contribution >= 4 is 15.9 Å². The summed E-state index contributed by atoms with van der Waals surface area (Å²) in [6.07, 6.45) is -4.43. The van der Waals surface area contributed by atoms with Gasteiger partial charge in [-0.05, 0) is 41.5 Å². The highest BCUT2D eigenvalue weighted by Gasteiger charge is 2.29. The van der Waals surface area contributed by atoms with Crippen LogP contribution >= 0.6 is 0 Å². The molecule has 0 heterocycles. The molecule has 3 aromatic rings. The van der Waals surface area contributed by atoms with Crippen LogP contribution in [0.25, 0.3) is 0 Å². The van der Waals surface area contributed by atoms with E-state index >= 15 is 0 Å². The third kappa shape index (κ3) is 6.16. The third-order valence-corrected chi connectivity index (χ3v) is 5.85. The van der Waals surface area contributed by atoms with Gasteiger partial charge in [0.15, 0.2) is 0 Å². The average molecular weight is 448 g/mol. The number of nitrogens with one attached hydrogen (secondary N) is 2. The molecule has 0 saturated carbocycles. The molecular weight excluding hydrogens is 429 g/mol. The van der Waals surface area contributed by atoms with Gasteiger partial charge < -0.3 is 5.32 Å². The van der Waals surface area contributed by atoms with Crippen molar-refractivity contribution in [1.29, 1.82) is 0 Å². The number of hydrogen-bond donors (Lipinski definition) is 2. The maximum Gasteiger partial charge on any atom is 0.416 e. The highest BCUT2D eigenvalue weighted by Crippen LogP contribution is 2.29. The van der Waals surface area contributed by atoms with E-state index in [4.69, 9.17) is 0 Å². The summed E-state index contributed by atoms with van der Waals surface area (Å²) in [5.74, 6) is -0.542. The first-order valence-corrected chi connectivity index (χ1v) is 10.7. The van der Waals surface area contributed by atoms with E-state index in [0.717, 1.165) is 17.7 Å². The fraction of sp³-hybridized carbons (Fsp3) is 0.136. The SMILES string of the molecule is O=C(NCc1ccc(C(F)(F)F)cc1)c1cccc(S(=O)(=O)NCc2ccccc2)c1. The molecule has 162 valence electrons. The minimum absolute atomic E-state index is 0.000204. The standard InChI is InChI=1S/C22H19F3N2O3S/c23-22(24,25)19-11-9-17(10-12-19)14-26-21(28)18-7-4-8-20(13-18)31(29,30)27-15-16-5-2-1-3-6-16/h1-13,27H,14-15H2,(H,26,28). The first kappa shape index (κ1) is 22.5. The Morgan fingerprint density at radius 2 is 1.45 bits per heavy atom. The Hall–Kier alpha value is -3.17. The lowest BCUT2D eigenvalue weighted by atomic mass is 10.1. The minimum atomic E-state index is -4.43. The summed E-state index contributed by atoms with van der Waals surface area (Å²) in [4.78, 5) is 12.3. The van der Waals surface area contributed by atoms with Gasteiger partial charge in [-0.1, -0.05) is 48.5 Å². The smallest absolute Gasteiger partial charge is 0.348 e. The molecule has 0 radical (unpaired) electrons. The molecule has 0 atom stereocenters. The number of hydrogen-bond acceptors (Lipinski definition) is 3. The van der Waals surface area contributed by atoms with Crippen molar-refractivity contribution < 1.29 is 26.4 Å². The van der Waals surface area contributed by atoms with Crippen LogP contribution in [0.5, 0.6) is 0 Å².